The molecule has 1 aromatic heterocycles. The Bertz CT molecular complexity index is 752. The molecule has 0 saturated carbocycles. The predicted molar refractivity (Wildman–Crippen MR) is 96.9 cm³/mol. The summed E-state index contributed by atoms with van der Waals surface area (Å²) >= 11 is 0. The van der Waals surface area contributed by atoms with E-state index in [2.05, 4.69) is 80.1 Å². The van der Waals surface area contributed by atoms with Crippen molar-refractivity contribution in [2.75, 3.05) is 0 Å². The van der Waals surface area contributed by atoms with Gasteiger partial charge >= 0.3 is 0 Å². The van der Waals surface area contributed by atoms with Crippen LogP contribution in [0.3, 0.4) is 0 Å². The maximum absolute atomic E-state index is 4.90. The standard InChI is InChI=1S/C21H24N2/c1-4-17-10-12-19(13-11-17)23-15-20(18-8-6-5-7-9-18)22-21(23)14-16(2)3/h5-13,15-16H,4,14H2,1-3H3. The Labute approximate surface area is 138 Å². The quantitative estimate of drug-likeness (QED) is 0.625. The molecule has 118 valence electrons. The number of hydrogen-bond donors (Lipinski definition) is 0. The molecule has 0 aliphatic rings. The van der Waals surface area contributed by atoms with Crippen molar-refractivity contribution in [1.82, 2.24) is 9.55 Å². The molecule has 0 bridgehead atoms. The van der Waals surface area contributed by atoms with Crippen LogP contribution in [-0.4, -0.2) is 9.55 Å². The van der Waals surface area contributed by atoms with Gasteiger partial charge in [0, 0.05) is 23.9 Å². The van der Waals surface area contributed by atoms with E-state index in [1.807, 2.05) is 6.07 Å². The Morgan fingerprint density at radius 1 is 0.957 bits per heavy atom. The fourth-order valence-corrected chi connectivity index (χ4v) is 2.79. The third-order valence-corrected chi connectivity index (χ3v) is 4.06. The van der Waals surface area contributed by atoms with Gasteiger partial charge < -0.3 is 4.57 Å². The Morgan fingerprint density at radius 2 is 1.65 bits per heavy atom. The van der Waals surface area contributed by atoms with Crippen molar-refractivity contribution >= 4 is 0 Å². The summed E-state index contributed by atoms with van der Waals surface area (Å²) in [6.07, 6.45) is 4.20. The van der Waals surface area contributed by atoms with E-state index < -0.39 is 0 Å². The number of benzene rings is 2. The van der Waals surface area contributed by atoms with Gasteiger partial charge in [0.2, 0.25) is 0 Å². The molecule has 23 heavy (non-hydrogen) atoms. The lowest BCUT2D eigenvalue weighted by Crippen LogP contribution is -2.04. The van der Waals surface area contributed by atoms with E-state index in [9.17, 15) is 0 Å². The van der Waals surface area contributed by atoms with Gasteiger partial charge in [-0.15, -0.1) is 0 Å². The average molecular weight is 304 g/mol. The van der Waals surface area contributed by atoms with Gasteiger partial charge in [0.15, 0.2) is 0 Å². The van der Waals surface area contributed by atoms with Gasteiger partial charge in [-0.1, -0.05) is 63.2 Å². The van der Waals surface area contributed by atoms with E-state index in [1.165, 1.54) is 16.8 Å². The number of hydrogen-bond acceptors (Lipinski definition) is 1. The van der Waals surface area contributed by atoms with Crippen LogP contribution >= 0.6 is 0 Å². The first-order chi connectivity index (χ1) is 11.2. The molecule has 2 aromatic carbocycles. The Hall–Kier alpha value is -2.35. The Balaban J connectivity index is 2.04. The fourth-order valence-electron chi connectivity index (χ4n) is 2.79. The van der Waals surface area contributed by atoms with Crippen molar-refractivity contribution in [1.29, 1.82) is 0 Å². The first-order valence-electron chi connectivity index (χ1n) is 8.40. The Kier molecular flexibility index (Phi) is 4.61. The summed E-state index contributed by atoms with van der Waals surface area (Å²) in [6.45, 7) is 6.66. The van der Waals surface area contributed by atoms with Crippen molar-refractivity contribution in [3.8, 4) is 16.9 Å². The van der Waals surface area contributed by atoms with Crippen LogP contribution in [0.25, 0.3) is 16.9 Å². The lowest BCUT2D eigenvalue weighted by molar-refractivity contribution is 0.614. The molecule has 0 fully saturated rings. The third kappa shape index (κ3) is 3.53. The molecule has 0 aliphatic carbocycles. The fraction of sp³-hybridized carbons (Fsp3) is 0.286. The molecule has 0 N–H and O–H groups in total. The van der Waals surface area contributed by atoms with Crippen molar-refractivity contribution in [3.63, 3.8) is 0 Å². The highest BCUT2D eigenvalue weighted by Gasteiger charge is 2.12. The van der Waals surface area contributed by atoms with Crippen LogP contribution in [-0.2, 0) is 12.8 Å². The third-order valence-electron chi connectivity index (χ3n) is 4.06. The van der Waals surface area contributed by atoms with E-state index in [-0.39, 0.29) is 0 Å². The average Bonchev–Trinajstić information content (AvgIpc) is 2.99. The SMILES string of the molecule is CCc1ccc(-n2cc(-c3ccccc3)nc2CC(C)C)cc1. The van der Waals surface area contributed by atoms with Crippen LogP contribution in [0.15, 0.2) is 60.8 Å². The zero-order chi connectivity index (χ0) is 16.2. The van der Waals surface area contributed by atoms with Gasteiger partial charge in [-0.2, -0.15) is 0 Å². The molecule has 3 aromatic rings. The second-order valence-electron chi connectivity index (χ2n) is 6.40. The largest absolute Gasteiger partial charge is 0.303 e. The van der Waals surface area contributed by atoms with Gasteiger partial charge in [0.1, 0.15) is 5.82 Å². The summed E-state index contributed by atoms with van der Waals surface area (Å²) in [5, 5.41) is 0. The number of aryl methyl sites for hydroxylation is 1. The van der Waals surface area contributed by atoms with Crippen molar-refractivity contribution < 1.29 is 0 Å². The number of imidazole rings is 1. The number of aromatic nitrogens is 2. The smallest absolute Gasteiger partial charge is 0.114 e. The van der Waals surface area contributed by atoms with E-state index in [0.29, 0.717) is 5.92 Å². The minimum Gasteiger partial charge on any atom is -0.303 e. The highest BCUT2D eigenvalue weighted by atomic mass is 15.1. The van der Waals surface area contributed by atoms with E-state index in [4.69, 9.17) is 4.98 Å². The molecule has 0 radical (unpaired) electrons. The predicted octanol–water partition coefficient (Wildman–Crippen LogP) is 5.30. The van der Waals surface area contributed by atoms with Crippen molar-refractivity contribution in [2.45, 2.75) is 33.6 Å². The van der Waals surface area contributed by atoms with Crippen LogP contribution in [0.4, 0.5) is 0 Å². The Morgan fingerprint density at radius 3 is 2.26 bits per heavy atom. The molecular weight excluding hydrogens is 280 g/mol. The molecule has 0 atom stereocenters. The lowest BCUT2D eigenvalue weighted by atomic mass is 10.1. The van der Waals surface area contributed by atoms with Gasteiger partial charge in [-0.3, -0.25) is 0 Å². The van der Waals surface area contributed by atoms with E-state index in [1.54, 1.807) is 0 Å². The second kappa shape index (κ2) is 6.82. The molecule has 3 rings (SSSR count). The summed E-state index contributed by atoms with van der Waals surface area (Å²) in [5.74, 6) is 1.71. The summed E-state index contributed by atoms with van der Waals surface area (Å²) in [5.41, 5.74) is 4.76. The van der Waals surface area contributed by atoms with Gasteiger partial charge in [-0.25, -0.2) is 4.98 Å². The van der Waals surface area contributed by atoms with E-state index >= 15 is 0 Å². The van der Waals surface area contributed by atoms with Crippen LogP contribution in [0, 0.1) is 5.92 Å². The molecule has 2 heteroatoms. The lowest BCUT2D eigenvalue weighted by Gasteiger charge is -2.10. The number of nitrogens with zero attached hydrogens (tertiary/aromatic N) is 2. The van der Waals surface area contributed by atoms with Crippen LogP contribution in [0.2, 0.25) is 0 Å². The highest BCUT2D eigenvalue weighted by Crippen LogP contribution is 2.23. The van der Waals surface area contributed by atoms with E-state index in [0.717, 1.165) is 24.4 Å². The summed E-state index contributed by atoms with van der Waals surface area (Å²) in [7, 11) is 0. The monoisotopic (exact) mass is 304 g/mol. The van der Waals surface area contributed by atoms with Gasteiger partial charge in [-0.05, 0) is 30.0 Å². The summed E-state index contributed by atoms with van der Waals surface area (Å²) in [6, 6.07) is 19.2. The topological polar surface area (TPSA) is 17.8 Å². The second-order valence-corrected chi connectivity index (χ2v) is 6.40. The molecule has 1 heterocycles. The molecule has 0 amide bonds. The molecule has 2 nitrogen and oxygen atoms in total. The molecular formula is C21H24N2. The first-order valence-corrected chi connectivity index (χ1v) is 8.40. The summed E-state index contributed by atoms with van der Waals surface area (Å²) < 4.78 is 2.24. The molecule has 0 spiro atoms. The zero-order valence-electron chi connectivity index (χ0n) is 14.2. The zero-order valence-corrected chi connectivity index (χ0v) is 14.2. The van der Waals surface area contributed by atoms with Gasteiger partial charge in [0.25, 0.3) is 0 Å². The van der Waals surface area contributed by atoms with Crippen LogP contribution in [0.1, 0.15) is 32.2 Å². The minimum absolute atomic E-state index is 0.578. The maximum Gasteiger partial charge on any atom is 0.114 e. The maximum atomic E-state index is 4.90. The highest BCUT2D eigenvalue weighted by molar-refractivity contribution is 5.59. The van der Waals surface area contributed by atoms with Gasteiger partial charge in [0.05, 0.1) is 5.69 Å². The summed E-state index contributed by atoms with van der Waals surface area (Å²) in [4.78, 5) is 4.90. The van der Waals surface area contributed by atoms with Crippen molar-refractivity contribution in [3.05, 3.63) is 72.2 Å². The minimum atomic E-state index is 0.578. The van der Waals surface area contributed by atoms with Crippen LogP contribution < -0.4 is 0 Å². The normalized spacial score (nSPS) is 11.1. The van der Waals surface area contributed by atoms with Crippen molar-refractivity contribution in [2.24, 2.45) is 5.92 Å². The molecule has 0 unspecified atom stereocenters. The number of rotatable bonds is 5. The molecule has 0 aliphatic heterocycles. The first kappa shape index (κ1) is 15.5. The van der Waals surface area contributed by atoms with Crippen LogP contribution in [0.5, 0.6) is 0 Å². The molecule has 0 saturated heterocycles.